The van der Waals surface area contributed by atoms with Gasteiger partial charge >= 0.3 is 0 Å². The fraction of sp³-hybridized carbons (Fsp3) is 0.353. The molecule has 0 aliphatic carbocycles. The molecule has 0 saturated carbocycles. The molecule has 0 bridgehead atoms. The van der Waals surface area contributed by atoms with Crippen LogP contribution in [0.15, 0.2) is 36.7 Å². The Morgan fingerprint density at radius 3 is 2.52 bits per heavy atom. The maximum Gasteiger partial charge on any atom is 0.254 e. The van der Waals surface area contributed by atoms with Crippen molar-refractivity contribution in [3.05, 3.63) is 47.9 Å². The van der Waals surface area contributed by atoms with E-state index in [-0.39, 0.29) is 0 Å². The standard InChI is InChI=1S/C17H22N6/c1-5-22(11-14-6-8-15(9-7-14)21(3)4)16-10-13(2)20-17-18-12-19-23(16)17/h6-10,12H,5,11H2,1-4H3. The van der Waals surface area contributed by atoms with Gasteiger partial charge in [-0.15, -0.1) is 0 Å². The first-order valence-electron chi connectivity index (χ1n) is 7.77. The topological polar surface area (TPSA) is 49.6 Å². The van der Waals surface area contributed by atoms with Gasteiger partial charge < -0.3 is 9.80 Å². The molecule has 3 rings (SSSR count). The van der Waals surface area contributed by atoms with Gasteiger partial charge in [-0.1, -0.05) is 12.1 Å². The zero-order valence-electron chi connectivity index (χ0n) is 14.1. The highest BCUT2D eigenvalue weighted by atomic mass is 15.4. The largest absolute Gasteiger partial charge is 0.378 e. The number of hydrogen-bond donors (Lipinski definition) is 0. The number of aromatic nitrogens is 4. The van der Waals surface area contributed by atoms with Crippen molar-refractivity contribution in [1.82, 2.24) is 19.6 Å². The lowest BCUT2D eigenvalue weighted by molar-refractivity contribution is 0.773. The molecule has 6 nitrogen and oxygen atoms in total. The molecule has 0 N–H and O–H groups in total. The zero-order chi connectivity index (χ0) is 16.4. The van der Waals surface area contributed by atoms with Crippen LogP contribution in [0, 0.1) is 6.92 Å². The second-order valence-corrected chi connectivity index (χ2v) is 5.80. The van der Waals surface area contributed by atoms with Gasteiger partial charge in [0.25, 0.3) is 5.78 Å². The Labute approximate surface area is 136 Å². The maximum absolute atomic E-state index is 4.41. The summed E-state index contributed by atoms with van der Waals surface area (Å²) in [6.45, 7) is 5.83. The van der Waals surface area contributed by atoms with Gasteiger partial charge in [-0.2, -0.15) is 14.6 Å². The SMILES string of the molecule is CCN(Cc1ccc(N(C)C)cc1)c1cc(C)nc2ncnn12. The number of hydrogen-bond acceptors (Lipinski definition) is 5. The minimum Gasteiger partial charge on any atom is -0.378 e. The molecule has 2 aromatic heterocycles. The lowest BCUT2D eigenvalue weighted by Crippen LogP contribution is -2.25. The van der Waals surface area contributed by atoms with Gasteiger partial charge in [0, 0.05) is 44.6 Å². The molecule has 6 heteroatoms. The number of anilines is 2. The van der Waals surface area contributed by atoms with Gasteiger partial charge in [-0.3, -0.25) is 0 Å². The summed E-state index contributed by atoms with van der Waals surface area (Å²) in [5, 5.41) is 4.30. The van der Waals surface area contributed by atoms with Gasteiger partial charge in [0.1, 0.15) is 12.1 Å². The molecule has 3 aromatic rings. The Morgan fingerprint density at radius 2 is 1.87 bits per heavy atom. The molecule has 0 unspecified atom stereocenters. The monoisotopic (exact) mass is 310 g/mol. The van der Waals surface area contributed by atoms with Gasteiger partial charge in [0.15, 0.2) is 0 Å². The molecule has 0 amide bonds. The van der Waals surface area contributed by atoms with Crippen molar-refractivity contribution in [3.8, 4) is 0 Å². The Hall–Kier alpha value is -2.63. The third-order valence-electron chi connectivity index (χ3n) is 3.89. The van der Waals surface area contributed by atoms with Crippen molar-refractivity contribution >= 4 is 17.3 Å². The van der Waals surface area contributed by atoms with Crippen molar-refractivity contribution < 1.29 is 0 Å². The third kappa shape index (κ3) is 3.11. The van der Waals surface area contributed by atoms with Crippen molar-refractivity contribution in [2.24, 2.45) is 0 Å². The maximum atomic E-state index is 4.41. The number of fused-ring (bicyclic) bond motifs is 1. The average molecular weight is 310 g/mol. The van der Waals surface area contributed by atoms with Crippen LogP contribution in [0.3, 0.4) is 0 Å². The first-order chi connectivity index (χ1) is 11.1. The first-order valence-corrected chi connectivity index (χ1v) is 7.77. The average Bonchev–Trinajstić information content (AvgIpc) is 3.00. The molecular weight excluding hydrogens is 288 g/mol. The second-order valence-electron chi connectivity index (χ2n) is 5.80. The van der Waals surface area contributed by atoms with E-state index in [9.17, 15) is 0 Å². The predicted molar refractivity (Wildman–Crippen MR) is 93.0 cm³/mol. The highest BCUT2D eigenvalue weighted by Crippen LogP contribution is 2.20. The lowest BCUT2D eigenvalue weighted by atomic mass is 10.2. The summed E-state index contributed by atoms with van der Waals surface area (Å²) in [7, 11) is 4.10. The summed E-state index contributed by atoms with van der Waals surface area (Å²) >= 11 is 0. The number of benzene rings is 1. The van der Waals surface area contributed by atoms with Gasteiger partial charge in [-0.05, 0) is 31.5 Å². The van der Waals surface area contributed by atoms with E-state index in [2.05, 4.69) is 76.2 Å². The predicted octanol–water partition coefficient (Wildman–Crippen LogP) is 2.53. The van der Waals surface area contributed by atoms with E-state index in [1.165, 1.54) is 11.3 Å². The van der Waals surface area contributed by atoms with E-state index in [1.54, 1.807) is 10.8 Å². The van der Waals surface area contributed by atoms with Crippen LogP contribution in [0.5, 0.6) is 0 Å². The summed E-state index contributed by atoms with van der Waals surface area (Å²) in [4.78, 5) is 13.0. The van der Waals surface area contributed by atoms with Crippen LogP contribution in [0.1, 0.15) is 18.2 Å². The Balaban J connectivity index is 1.91. The molecule has 0 spiro atoms. The van der Waals surface area contributed by atoms with E-state index >= 15 is 0 Å². The quantitative estimate of drug-likeness (QED) is 0.725. The normalized spacial score (nSPS) is 11.0. The van der Waals surface area contributed by atoms with E-state index in [0.29, 0.717) is 5.78 Å². The Morgan fingerprint density at radius 1 is 1.13 bits per heavy atom. The van der Waals surface area contributed by atoms with Crippen LogP contribution < -0.4 is 9.80 Å². The van der Waals surface area contributed by atoms with E-state index < -0.39 is 0 Å². The van der Waals surface area contributed by atoms with Crippen LogP contribution in [-0.4, -0.2) is 40.2 Å². The van der Waals surface area contributed by atoms with Crippen molar-refractivity contribution in [2.45, 2.75) is 20.4 Å². The minimum absolute atomic E-state index is 0.640. The number of rotatable bonds is 5. The molecule has 0 radical (unpaired) electrons. The molecule has 23 heavy (non-hydrogen) atoms. The first kappa shape index (κ1) is 15.3. The molecule has 120 valence electrons. The highest BCUT2D eigenvalue weighted by molar-refractivity contribution is 5.49. The number of nitrogens with zero attached hydrogens (tertiary/aromatic N) is 6. The summed E-state index contributed by atoms with van der Waals surface area (Å²) in [5.74, 6) is 1.66. The van der Waals surface area contributed by atoms with E-state index in [4.69, 9.17) is 0 Å². The Bertz CT molecular complexity index is 790. The van der Waals surface area contributed by atoms with Gasteiger partial charge in [0.05, 0.1) is 0 Å². The molecule has 0 fully saturated rings. The van der Waals surface area contributed by atoms with Crippen LogP contribution >= 0.6 is 0 Å². The van der Waals surface area contributed by atoms with Gasteiger partial charge in [0.2, 0.25) is 0 Å². The molecule has 0 atom stereocenters. The van der Waals surface area contributed by atoms with Crippen LogP contribution in [0.2, 0.25) is 0 Å². The van der Waals surface area contributed by atoms with E-state index in [0.717, 1.165) is 24.6 Å². The highest BCUT2D eigenvalue weighted by Gasteiger charge is 2.12. The molecule has 0 saturated heterocycles. The molecule has 0 aliphatic rings. The van der Waals surface area contributed by atoms with Gasteiger partial charge in [-0.25, -0.2) is 4.98 Å². The smallest absolute Gasteiger partial charge is 0.254 e. The fourth-order valence-electron chi connectivity index (χ4n) is 2.61. The molecular formula is C17H22N6. The van der Waals surface area contributed by atoms with Crippen LogP contribution in [0.25, 0.3) is 5.78 Å². The van der Waals surface area contributed by atoms with Crippen molar-refractivity contribution in [3.63, 3.8) is 0 Å². The fourth-order valence-corrected chi connectivity index (χ4v) is 2.61. The summed E-state index contributed by atoms with van der Waals surface area (Å²) in [5.41, 5.74) is 3.41. The van der Waals surface area contributed by atoms with Crippen molar-refractivity contribution in [2.75, 3.05) is 30.4 Å². The second kappa shape index (κ2) is 6.24. The van der Waals surface area contributed by atoms with Crippen molar-refractivity contribution in [1.29, 1.82) is 0 Å². The third-order valence-corrected chi connectivity index (χ3v) is 3.89. The van der Waals surface area contributed by atoms with Crippen LogP contribution in [-0.2, 0) is 6.54 Å². The number of aryl methyl sites for hydroxylation is 1. The molecule has 2 heterocycles. The minimum atomic E-state index is 0.640. The van der Waals surface area contributed by atoms with Crippen LogP contribution in [0.4, 0.5) is 11.5 Å². The van der Waals surface area contributed by atoms with E-state index in [1.807, 2.05) is 6.92 Å². The lowest BCUT2D eigenvalue weighted by Gasteiger charge is -2.24. The molecule has 0 aliphatic heterocycles. The zero-order valence-corrected chi connectivity index (χ0v) is 14.1. The molecule has 1 aromatic carbocycles. The summed E-state index contributed by atoms with van der Waals surface area (Å²) in [6, 6.07) is 10.7. The Kier molecular flexibility index (Phi) is 4.14. The summed E-state index contributed by atoms with van der Waals surface area (Å²) in [6.07, 6.45) is 1.55. The summed E-state index contributed by atoms with van der Waals surface area (Å²) < 4.78 is 1.80.